The van der Waals surface area contributed by atoms with E-state index in [1.165, 1.54) is 0 Å². The summed E-state index contributed by atoms with van der Waals surface area (Å²) in [5, 5.41) is 0. The van der Waals surface area contributed by atoms with Gasteiger partial charge in [0.25, 0.3) is 5.56 Å². The Bertz CT molecular complexity index is 1420. The minimum absolute atomic E-state index is 0.0231. The number of aromatic nitrogens is 2. The first-order valence-electron chi connectivity index (χ1n) is 11.5. The summed E-state index contributed by atoms with van der Waals surface area (Å²) in [6, 6.07) is 15.5. The first kappa shape index (κ1) is 22.7. The van der Waals surface area contributed by atoms with Crippen LogP contribution >= 0.6 is 0 Å². The molecule has 0 saturated carbocycles. The van der Waals surface area contributed by atoms with Crippen LogP contribution in [0.5, 0.6) is 0 Å². The molecule has 1 saturated heterocycles. The Hall–Kier alpha value is -4.07. The van der Waals surface area contributed by atoms with Crippen LogP contribution < -0.4 is 15.4 Å². The van der Waals surface area contributed by atoms with Crippen LogP contribution in [-0.4, -0.2) is 41.9 Å². The summed E-state index contributed by atoms with van der Waals surface area (Å²) in [6.45, 7) is 6.01. The van der Waals surface area contributed by atoms with E-state index in [1.54, 1.807) is 4.90 Å². The Labute approximate surface area is 201 Å². The standard InChI is InChI=1S/C27H25F2N5O/c1-17-8-9-19(33-10-12-34(13-11-33)26-21(28)15-30-16-22(26)29)14-24(17)31-18(2)25-20-6-4-3-5-7-23(20)32-27(25)35/h3-9,14-16H,10-13H2,1-2H3,(H,32,35)/b31-18+. The van der Waals surface area contributed by atoms with Gasteiger partial charge < -0.3 is 14.8 Å². The van der Waals surface area contributed by atoms with Gasteiger partial charge in [-0.2, -0.15) is 0 Å². The van der Waals surface area contributed by atoms with Gasteiger partial charge in [-0.05, 0) is 37.6 Å². The number of pyridine rings is 1. The lowest BCUT2D eigenvalue weighted by Crippen LogP contribution is -2.47. The average molecular weight is 474 g/mol. The van der Waals surface area contributed by atoms with E-state index in [9.17, 15) is 13.6 Å². The van der Waals surface area contributed by atoms with E-state index in [2.05, 4.69) is 14.9 Å². The number of hydrogen-bond acceptors (Lipinski definition) is 5. The van der Waals surface area contributed by atoms with E-state index in [4.69, 9.17) is 4.99 Å². The molecule has 0 amide bonds. The number of aliphatic imine (C=N–C) groups is 1. The number of hydrogen-bond donors (Lipinski definition) is 1. The molecule has 35 heavy (non-hydrogen) atoms. The van der Waals surface area contributed by atoms with Gasteiger partial charge in [-0.1, -0.05) is 30.3 Å². The van der Waals surface area contributed by atoms with Crippen molar-refractivity contribution in [1.29, 1.82) is 0 Å². The molecule has 2 aromatic rings. The number of piperazine rings is 1. The lowest BCUT2D eigenvalue weighted by molar-refractivity contribution is 0.549. The number of fused-ring (bicyclic) bond motifs is 1. The summed E-state index contributed by atoms with van der Waals surface area (Å²) in [4.78, 5) is 27.9. The van der Waals surface area contributed by atoms with Crippen molar-refractivity contribution in [2.75, 3.05) is 36.0 Å². The fourth-order valence-electron chi connectivity index (χ4n) is 4.59. The van der Waals surface area contributed by atoms with E-state index in [0.717, 1.165) is 40.6 Å². The molecule has 2 aliphatic heterocycles. The molecule has 3 heterocycles. The maximum atomic E-state index is 14.1. The van der Waals surface area contributed by atoms with Crippen molar-refractivity contribution in [2.45, 2.75) is 13.8 Å². The van der Waals surface area contributed by atoms with Gasteiger partial charge >= 0.3 is 0 Å². The second-order valence-corrected chi connectivity index (χ2v) is 8.66. The van der Waals surface area contributed by atoms with Crippen molar-refractivity contribution in [2.24, 2.45) is 4.99 Å². The minimum Gasteiger partial charge on any atom is -0.368 e. The Balaban J connectivity index is 1.39. The highest BCUT2D eigenvalue weighted by molar-refractivity contribution is 6.05. The summed E-state index contributed by atoms with van der Waals surface area (Å²) in [7, 11) is 0. The van der Waals surface area contributed by atoms with Crippen molar-refractivity contribution in [3.05, 3.63) is 94.0 Å². The molecule has 1 fully saturated rings. The fourth-order valence-corrected chi connectivity index (χ4v) is 4.59. The van der Waals surface area contributed by atoms with Crippen LogP contribution in [0.4, 0.5) is 25.8 Å². The van der Waals surface area contributed by atoms with Gasteiger partial charge in [0.1, 0.15) is 5.69 Å². The van der Waals surface area contributed by atoms with Gasteiger partial charge in [0.05, 0.1) is 29.4 Å². The quantitative estimate of drug-likeness (QED) is 0.427. The largest absolute Gasteiger partial charge is 0.368 e. The molecule has 3 aliphatic rings. The smallest absolute Gasteiger partial charge is 0.258 e. The molecular weight excluding hydrogens is 448 g/mol. The first-order chi connectivity index (χ1) is 16.9. The lowest BCUT2D eigenvalue weighted by Gasteiger charge is -2.37. The van der Waals surface area contributed by atoms with Crippen LogP contribution in [0.25, 0.3) is 11.3 Å². The van der Waals surface area contributed by atoms with E-state index >= 15 is 0 Å². The molecule has 0 unspecified atom stereocenters. The molecule has 1 aliphatic carbocycles. The summed E-state index contributed by atoms with van der Waals surface area (Å²) in [6.07, 6.45) is 2.08. The number of benzene rings is 1. The third kappa shape index (κ3) is 4.39. The molecule has 0 spiro atoms. The summed E-state index contributed by atoms with van der Waals surface area (Å²) in [5.74, 6) is -1.30. The number of halogens is 2. The fraction of sp³-hybridized carbons (Fsp3) is 0.222. The van der Waals surface area contributed by atoms with Gasteiger partial charge in [0.15, 0.2) is 11.6 Å². The molecule has 1 aromatic carbocycles. The predicted molar refractivity (Wildman–Crippen MR) is 135 cm³/mol. The van der Waals surface area contributed by atoms with Crippen LogP contribution in [0, 0.1) is 18.6 Å². The average Bonchev–Trinajstić information content (AvgIpc) is 2.99. The monoisotopic (exact) mass is 473 g/mol. The minimum atomic E-state index is -0.649. The molecule has 8 heteroatoms. The Morgan fingerprint density at radius 2 is 1.66 bits per heavy atom. The van der Waals surface area contributed by atoms with E-state index in [-0.39, 0.29) is 11.2 Å². The number of rotatable bonds is 4. The molecule has 0 radical (unpaired) electrons. The number of H-pyrrole nitrogens is 1. The number of aromatic amines is 1. The maximum absolute atomic E-state index is 14.1. The van der Waals surface area contributed by atoms with Crippen molar-refractivity contribution >= 4 is 22.8 Å². The highest BCUT2D eigenvalue weighted by atomic mass is 19.1. The van der Waals surface area contributed by atoms with Crippen molar-refractivity contribution < 1.29 is 8.78 Å². The van der Waals surface area contributed by atoms with Crippen LogP contribution in [0.1, 0.15) is 18.1 Å². The SMILES string of the molecule is C/C(=N\c1cc(N2CCN(c3c(F)cncc3F)CC2)ccc1C)c1c2cccccc-2[nH]c1=O. The lowest BCUT2D eigenvalue weighted by atomic mass is 10.1. The van der Waals surface area contributed by atoms with E-state index in [1.807, 2.05) is 62.4 Å². The molecule has 0 atom stereocenters. The van der Waals surface area contributed by atoms with E-state index < -0.39 is 11.6 Å². The normalized spacial score (nSPS) is 14.6. The molecular formula is C27H25F2N5O. The summed E-state index contributed by atoms with van der Waals surface area (Å²) in [5.41, 5.74) is 5.38. The molecule has 6 nitrogen and oxygen atoms in total. The van der Waals surface area contributed by atoms with Crippen molar-refractivity contribution in [3.8, 4) is 11.3 Å². The highest BCUT2D eigenvalue weighted by Gasteiger charge is 2.23. The Morgan fingerprint density at radius 3 is 2.40 bits per heavy atom. The van der Waals surface area contributed by atoms with Gasteiger partial charge in [-0.3, -0.25) is 14.8 Å². The van der Waals surface area contributed by atoms with Crippen molar-refractivity contribution in [3.63, 3.8) is 0 Å². The highest BCUT2D eigenvalue weighted by Crippen LogP contribution is 2.30. The van der Waals surface area contributed by atoms with Crippen LogP contribution in [-0.2, 0) is 0 Å². The number of aryl methyl sites for hydroxylation is 1. The maximum Gasteiger partial charge on any atom is 0.258 e. The van der Waals surface area contributed by atoms with Crippen LogP contribution in [0.3, 0.4) is 0 Å². The van der Waals surface area contributed by atoms with Crippen LogP contribution in [0.15, 0.2) is 70.7 Å². The Morgan fingerprint density at radius 1 is 0.971 bits per heavy atom. The number of nitrogens with one attached hydrogen (secondary N) is 1. The number of anilines is 2. The zero-order valence-electron chi connectivity index (χ0n) is 19.6. The predicted octanol–water partition coefficient (Wildman–Crippen LogP) is 4.93. The molecule has 5 rings (SSSR count). The van der Waals surface area contributed by atoms with Crippen LogP contribution in [0.2, 0.25) is 0 Å². The van der Waals surface area contributed by atoms with Gasteiger partial charge in [0, 0.05) is 43.1 Å². The van der Waals surface area contributed by atoms with Gasteiger partial charge in [-0.15, -0.1) is 0 Å². The molecule has 1 aromatic heterocycles. The van der Waals surface area contributed by atoms with Gasteiger partial charge in [0.2, 0.25) is 0 Å². The Kier molecular flexibility index (Phi) is 6.03. The second-order valence-electron chi connectivity index (χ2n) is 8.66. The first-order valence-corrected chi connectivity index (χ1v) is 11.5. The van der Waals surface area contributed by atoms with Crippen molar-refractivity contribution in [1.82, 2.24) is 9.97 Å². The van der Waals surface area contributed by atoms with E-state index in [0.29, 0.717) is 37.5 Å². The summed E-state index contributed by atoms with van der Waals surface area (Å²) < 4.78 is 28.3. The number of nitrogens with zero attached hydrogens (tertiary/aromatic N) is 4. The zero-order chi connectivity index (χ0) is 24.5. The second kappa shape index (κ2) is 9.29. The molecule has 178 valence electrons. The van der Waals surface area contributed by atoms with Gasteiger partial charge in [-0.25, -0.2) is 8.78 Å². The molecule has 0 bridgehead atoms. The third-order valence-electron chi connectivity index (χ3n) is 6.41. The zero-order valence-corrected chi connectivity index (χ0v) is 19.6. The molecule has 1 N–H and O–H groups in total. The summed E-state index contributed by atoms with van der Waals surface area (Å²) >= 11 is 0. The topological polar surface area (TPSA) is 64.6 Å². The third-order valence-corrected chi connectivity index (χ3v) is 6.41.